The normalized spacial score (nSPS) is 20.0. The van der Waals surface area contributed by atoms with E-state index in [-0.39, 0.29) is 11.4 Å². The summed E-state index contributed by atoms with van der Waals surface area (Å²) >= 11 is 0. The van der Waals surface area contributed by atoms with Crippen LogP contribution in [0.3, 0.4) is 0 Å². The minimum Gasteiger partial charge on any atom is -0.367 e. The summed E-state index contributed by atoms with van der Waals surface area (Å²) in [6, 6.07) is 1.74. The Morgan fingerprint density at radius 1 is 1.43 bits per heavy atom. The van der Waals surface area contributed by atoms with Crippen molar-refractivity contribution in [2.24, 2.45) is 5.92 Å². The van der Waals surface area contributed by atoms with Crippen LogP contribution < -0.4 is 10.6 Å². The quantitative estimate of drug-likeness (QED) is 0.875. The third kappa shape index (κ3) is 4.93. The van der Waals surface area contributed by atoms with E-state index < -0.39 is 0 Å². The first-order chi connectivity index (χ1) is 9.85. The van der Waals surface area contributed by atoms with E-state index in [9.17, 15) is 4.39 Å². The van der Waals surface area contributed by atoms with Gasteiger partial charge in [0.1, 0.15) is 0 Å². The van der Waals surface area contributed by atoms with Crippen molar-refractivity contribution < 1.29 is 4.39 Å². The van der Waals surface area contributed by atoms with Crippen molar-refractivity contribution in [3.63, 3.8) is 0 Å². The van der Waals surface area contributed by atoms with Gasteiger partial charge in [0.2, 0.25) is 0 Å². The molecule has 0 radical (unpaired) electrons. The molecule has 0 aromatic carbocycles. The molecule has 1 fully saturated rings. The number of likely N-dealkylation sites (tertiary alicyclic amines) is 1. The Hall–Kier alpha value is -1.20. The molecule has 1 unspecified atom stereocenters. The van der Waals surface area contributed by atoms with Gasteiger partial charge in [0.15, 0.2) is 11.6 Å². The zero-order valence-corrected chi connectivity index (χ0v) is 13.5. The molecule has 118 valence electrons. The Morgan fingerprint density at radius 3 is 2.81 bits per heavy atom. The lowest BCUT2D eigenvalue weighted by Gasteiger charge is -2.21. The molecule has 1 saturated heterocycles. The molecule has 21 heavy (non-hydrogen) atoms. The molecule has 2 heterocycles. The lowest BCUT2D eigenvalue weighted by molar-refractivity contribution is 0.399. The van der Waals surface area contributed by atoms with Crippen molar-refractivity contribution in [3.8, 4) is 0 Å². The van der Waals surface area contributed by atoms with Crippen LogP contribution in [-0.2, 0) is 6.54 Å². The van der Waals surface area contributed by atoms with E-state index in [2.05, 4.69) is 48.3 Å². The molecule has 1 aliphatic heterocycles. The van der Waals surface area contributed by atoms with E-state index in [0.717, 1.165) is 26.1 Å². The summed E-state index contributed by atoms with van der Waals surface area (Å²) in [5.41, 5.74) is 0.628. The highest BCUT2D eigenvalue weighted by Crippen LogP contribution is 2.19. The number of pyridine rings is 1. The van der Waals surface area contributed by atoms with Crippen LogP contribution >= 0.6 is 0 Å². The third-order valence-electron chi connectivity index (χ3n) is 3.83. The largest absolute Gasteiger partial charge is 0.367 e. The van der Waals surface area contributed by atoms with Gasteiger partial charge in [-0.25, -0.2) is 9.37 Å². The maximum absolute atomic E-state index is 14.4. The number of nitrogens with one attached hydrogen (secondary N) is 2. The molecule has 0 saturated carbocycles. The lowest BCUT2D eigenvalue weighted by Crippen LogP contribution is -2.35. The SMILES string of the molecule is CN1CCC(CNc2nccc(CNC(C)(C)C)c2F)C1. The van der Waals surface area contributed by atoms with Gasteiger partial charge in [-0.15, -0.1) is 0 Å². The molecule has 0 bridgehead atoms. The number of aromatic nitrogens is 1. The monoisotopic (exact) mass is 294 g/mol. The first-order valence-corrected chi connectivity index (χ1v) is 7.66. The van der Waals surface area contributed by atoms with Crippen molar-refractivity contribution in [3.05, 3.63) is 23.6 Å². The summed E-state index contributed by atoms with van der Waals surface area (Å²) in [5, 5.41) is 6.48. The minimum absolute atomic E-state index is 0.0300. The van der Waals surface area contributed by atoms with E-state index in [4.69, 9.17) is 0 Å². The first-order valence-electron chi connectivity index (χ1n) is 7.66. The molecular weight excluding hydrogens is 267 g/mol. The van der Waals surface area contributed by atoms with Gasteiger partial charge in [0, 0.05) is 36.9 Å². The van der Waals surface area contributed by atoms with Crippen molar-refractivity contribution in [1.29, 1.82) is 0 Å². The summed E-state index contributed by atoms with van der Waals surface area (Å²) < 4.78 is 14.4. The van der Waals surface area contributed by atoms with Gasteiger partial charge < -0.3 is 15.5 Å². The highest BCUT2D eigenvalue weighted by atomic mass is 19.1. The lowest BCUT2D eigenvalue weighted by atomic mass is 10.1. The van der Waals surface area contributed by atoms with Gasteiger partial charge in [-0.3, -0.25) is 0 Å². The zero-order valence-electron chi connectivity index (χ0n) is 13.5. The Labute approximate surface area is 127 Å². The van der Waals surface area contributed by atoms with Gasteiger partial charge >= 0.3 is 0 Å². The number of hydrogen-bond donors (Lipinski definition) is 2. The molecule has 1 aromatic rings. The molecular formula is C16H27FN4. The molecule has 4 nitrogen and oxygen atoms in total. The standard InChI is InChI=1S/C16H27FN4/c1-16(2,3)20-10-13-5-7-18-15(14(13)17)19-9-12-6-8-21(4)11-12/h5,7,12,20H,6,8-11H2,1-4H3,(H,18,19). The zero-order chi connectivity index (χ0) is 15.5. The second-order valence-electron chi connectivity index (χ2n) is 7.03. The average molecular weight is 294 g/mol. The molecule has 0 aliphatic carbocycles. The highest BCUT2D eigenvalue weighted by Gasteiger charge is 2.20. The van der Waals surface area contributed by atoms with Gasteiger partial charge in [-0.05, 0) is 52.8 Å². The molecule has 2 rings (SSSR count). The molecule has 0 spiro atoms. The predicted molar refractivity (Wildman–Crippen MR) is 84.9 cm³/mol. The average Bonchev–Trinajstić information content (AvgIpc) is 2.81. The highest BCUT2D eigenvalue weighted by molar-refractivity contribution is 5.40. The summed E-state index contributed by atoms with van der Waals surface area (Å²) in [4.78, 5) is 6.44. The van der Waals surface area contributed by atoms with Crippen LogP contribution in [0.25, 0.3) is 0 Å². The molecule has 0 amide bonds. The van der Waals surface area contributed by atoms with Gasteiger partial charge in [-0.2, -0.15) is 0 Å². The van der Waals surface area contributed by atoms with Crippen molar-refractivity contribution in [2.45, 2.75) is 39.3 Å². The van der Waals surface area contributed by atoms with Crippen LogP contribution in [0.2, 0.25) is 0 Å². The maximum atomic E-state index is 14.4. The Morgan fingerprint density at radius 2 is 2.19 bits per heavy atom. The van der Waals surface area contributed by atoms with E-state index in [1.807, 2.05) is 0 Å². The maximum Gasteiger partial charge on any atom is 0.169 e. The van der Waals surface area contributed by atoms with E-state index in [1.165, 1.54) is 0 Å². The second-order valence-corrected chi connectivity index (χ2v) is 7.03. The van der Waals surface area contributed by atoms with Crippen LogP contribution in [0.4, 0.5) is 10.2 Å². The fourth-order valence-corrected chi connectivity index (χ4v) is 2.54. The van der Waals surface area contributed by atoms with Crippen LogP contribution in [0.1, 0.15) is 32.8 Å². The van der Waals surface area contributed by atoms with E-state index in [0.29, 0.717) is 23.8 Å². The van der Waals surface area contributed by atoms with Gasteiger partial charge in [0.05, 0.1) is 0 Å². The topological polar surface area (TPSA) is 40.2 Å². The minimum atomic E-state index is -0.236. The van der Waals surface area contributed by atoms with E-state index in [1.54, 1.807) is 12.3 Å². The third-order valence-corrected chi connectivity index (χ3v) is 3.83. The molecule has 1 aromatic heterocycles. The predicted octanol–water partition coefficient (Wildman–Crippen LogP) is 2.47. The first kappa shape index (κ1) is 16.2. The van der Waals surface area contributed by atoms with Crippen LogP contribution in [0.15, 0.2) is 12.3 Å². The number of anilines is 1. The van der Waals surface area contributed by atoms with Crippen molar-refractivity contribution in [2.75, 3.05) is 32.0 Å². The second kappa shape index (κ2) is 6.71. The van der Waals surface area contributed by atoms with Gasteiger partial charge in [-0.1, -0.05) is 0 Å². The number of nitrogens with zero attached hydrogens (tertiary/aromatic N) is 2. The number of rotatable bonds is 5. The van der Waals surface area contributed by atoms with Crippen LogP contribution in [0.5, 0.6) is 0 Å². The van der Waals surface area contributed by atoms with Crippen molar-refractivity contribution in [1.82, 2.24) is 15.2 Å². The molecule has 1 aliphatic rings. The molecule has 1 atom stereocenters. The number of halogens is 1. The van der Waals surface area contributed by atoms with Crippen molar-refractivity contribution >= 4 is 5.82 Å². The smallest absolute Gasteiger partial charge is 0.169 e. The Bertz CT molecular complexity index is 470. The fraction of sp³-hybridized carbons (Fsp3) is 0.688. The van der Waals surface area contributed by atoms with E-state index >= 15 is 0 Å². The summed E-state index contributed by atoms with van der Waals surface area (Å²) in [7, 11) is 2.12. The number of hydrogen-bond acceptors (Lipinski definition) is 4. The molecule has 2 N–H and O–H groups in total. The van der Waals surface area contributed by atoms with Gasteiger partial charge in [0.25, 0.3) is 0 Å². The van der Waals surface area contributed by atoms with Crippen LogP contribution in [0, 0.1) is 11.7 Å². The fourth-order valence-electron chi connectivity index (χ4n) is 2.54. The van der Waals surface area contributed by atoms with Crippen LogP contribution in [-0.4, -0.2) is 42.1 Å². The Kier molecular flexibility index (Phi) is 5.17. The summed E-state index contributed by atoms with van der Waals surface area (Å²) in [5.74, 6) is 0.714. The molecule has 5 heteroatoms. The summed E-state index contributed by atoms with van der Waals surface area (Å²) in [6.07, 6.45) is 2.84. The summed E-state index contributed by atoms with van der Waals surface area (Å²) in [6.45, 7) is 9.70. The Balaban J connectivity index is 1.94.